The third-order valence-corrected chi connectivity index (χ3v) is 5.69. The Balaban J connectivity index is 1.65. The highest BCUT2D eigenvalue weighted by Crippen LogP contribution is 2.27. The summed E-state index contributed by atoms with van der Waals surface area (Å²) in [7, 11) is 1.73. The molecule has 1 aromatic heterocycles. The van der Waals surface area contributed by atoms with Gasteiger partial charge < -0.3 is 14.5 Å². The van der Waals surface area contributed by atoms with Gasteiger partial charge in [0.2, 0.25) is 11.9 Å². The number of amides is 1. The van der Waals surface area contributed by atoms with Gasteiger partial charge in [0.25, 0.3) is 0 Å². The Kier molecular flexibility index (Phi) is 6.90. The second-order valence-corrected chi connectivity index (χ2v) is 8.02. The first-order chi connectivity index (χ1) is 13.5. The van der Waals surface area contributed by atoms with E-state index in [0.29, 0.717) is 19.8 Å². The average Bonchev–Trinajstić information content (AvgIpc) is 3.10. The number of nitrogens with zero attached hydrogens (tertiary/aromatic N) is 5. The molecule has 152 valence electrons. The van der Waals surface area contributed by atoms with Gasteiger partial charge in [-0.2, -0.15) is 0 Å². The molecule has 9 heteroatoms. The molecule has 2 aromatic rings. The van der Waals surface area contributed by atoms with Gasteiger partial charge in [-0.15, -0.1) is 10.2 Å². The number of anilines is 1. The van der Waals surface area contributed by atoms with Crippen molar-refractivity contribution in [3.05, 3.63) is 35.6 Å². The minimum atomic E-state index is -0.328. The van der Waals surface area contributed by atoms with Gasteiger partial charge in [-0.1, -0.05) is 23.9 Å². The molecule has 0 radical (unpaired) electrons. The molecule has 1 atom stereocenters. The van der Waals surface area contributed by atoms with Crippen molar-refractivity contribution in [1.29, 1.82) is 0 Å². The Bertz CT molecular complexity index is 809. The highest BCUT2D eigenvalue weighted by atomic mass is 32.2. The van der Waals surface area contributed by atoms with Crippen LogP contribution in [0, 0.1) is 5.82 Å². The number of ether oxygens (including phenoxy) is 1. The number of carbonyl (C=O) groups excluding carboxylic acids is 1. The fraction of sp³-hybridized carbons (Fsp3) is 0.526. The average molecular weight is 408 g/mol. The van der Waals surface area contributed by atoms with Gasteiger partial charge in [0.15, 0.2) is 5.16 Å². The number of morpholine rings is 1. The fourth-order valence-corrected chi connectivity index (χ4v) is 4.17. The van der Waals surface area contributed by atoms with Crippen molar-refractivity contribution in [3.8, 4) is 0 Å². The van der Waals surface area contributed by atoms with Gasteiger partial charge in [0, 0.05) is 33.2 Å². The summed E-state index contributed by atoms with van der Waals surface area (Å²) in [6, 6.07) is 6.31. The van der Waals surface area contributed by atoms with Crippen molar-refractivity contribution in [3.63, 3.8) is 0 Å². The van der Waals surface area contributed by atoms with Crippen LogP contribution in [0.4, 0.5) is 10.3 Å². The lowest BCUT2D eigenvalue weighted by Crippen LogP contribution is -2.38. The first kappa shape index (κ1) is 20.6. The molecule has 28 heavy (non-hydrogen) atoms. The summed E-state index contributed by atoms with van der Waals surface area (Å²) in [6.45, 7) is 7.92. The van der Waals surface area contributed by atoms with Crippen LogP contribution in [-0.2, 0) is 22.6 Å². The number of hydrogen-bond acceptors (Lipinski definition) is 6. The molecule has 0 saturated carbocycles. The molecular weight excluding hydrogens is 381 g/mol. The highest BCUT2D eigenvalue weighted by molar-refractivity contribution is 8.00. The molecular formula is C19H26FN5O2S. The summed E-state index contributed by atoms with van der Waals surface area (Å²) < 4.78 is 20.8. The van der Waals surface area contributed by atoms with Crippen molar-refractivity contribution in [2.45, 2.75) is 37.3 Å². The maximum absolute atomic E-state index is 13.4. The van der Waals surface area contributed by atoms with Gasteiger partial charge in [-0.25, -0.2) is 4.39 Å². The van der Waals surface area contributed by atoms with Gasteiger partial charge in [0.1, 0.15) is 5.82 Å². The van der Waals surface area contributed by atoms with E-state index < -0.39 is 0 Å². The Morgan fingerprint density at radius 2 is 2.11 bits per heavy atom. The third kappa shape index (κ3) is 4.82. The van der Waals surface area contributed by atoms with E-state index in [1.165, 1.54) is 23.9 Å². The van der Waals surface area contributed by atoms with E-state index in [-0.39, 0.29) is 17.0 Å². The maximum atomic E-state index is 13.4. The van der Waals surface area contributed by atoms with Gasteiger partial charge >= 0.3 is 0 Å². The van der Waals surface area contributed by atoms with Crippen molar-refractivity contribution >= 4 is 23.6 Å². The van der Waals surface area contributed by atoms with E-state index in [9.17, 15) is 9.18 Å². The fourth-order valence-electron chi connectivity index (χ4n) is 3.15. The summed E-state index contributed by atoms with van der Waals surface area (Å²) in [4.78, 5) is 16.5. The second-order valence-electron chi connectivity index (χ2n) is 6.71. The zero-order chi connectivity index (χ0) is 20.1. The molecule has 1 aliphatic rings. The van der Waals surface area contributed by atoms with Crippen LogP contribution >= 0.6 is 11.8 Å². The summed E-state index contributed by atoms with van der Waals surface area (Å²) in [5.41, 5.74) is 0.763. The normalized spacial score (nSPS) is 15.5. The molecule has 0 bridgehead atoms. The van der Waals surface area contributed by atoms with Crippen LogP contribution in [0.1, 0.15) is 19.4 Å². The van der Waals surface area contributed by atoms with Crippen LogP contribution < -0.4 is 4.90 Å². The van der Waals surface area contributed by atoms with Crippen molar-refractivity contribution in [2.24, 2.45) is 0 Å². The predicted octanol–water partition coefficient (Wildman–Crippen LogP) is 2.41. The number of benzene rings is 1. The Hall–Kier alpha value is -2.13. The lowest BCUT2D eigenvalue weighted by atomic mass is 10.2. The number of carbonyl (C=O) groups is 1. The van der Waals surface area contributed by atoms with Crippen molar-refractivity contribution in [1.82, 2.24) is 19.7 Å². The molecule has 1 amide bonds. The lowest BCUT2D eigenvalue weighted by Gasteiger charge is -2.27. The molecule has 1 aliphatic heterocycles. The van der Waals surface area contributed by atoms with E-state index in [0.717, 1.165) is 36.3 Å². The Morgan fingerprint density at radius 1 is 1.36 bits per heavy atom. The maximum Gasteiger partial charge on any atom is 0.235 e. The van der Waals surface area contributed by atoms with Gasteiger partial charge in [-0.05, 0) is 31.5 Å². The van der Waals surface area contributed by atoms with Crippen LogP contribution in [0.5, 0.6) is 0 Å². The van der Waals surface area contributed by atoms with Crippen LogP contribution in [0.3, 0.4) is 0 Å². The van der Waals surface area contributed by atoms with Crippen molar-refractivity contribution in [2.75, 3.05) is 38.3 Å². The largest absolute Gasteiger partial charge is 0.378 e. The monoisotopic (exact) mass is 407 g/mol. The molecule has 1 saturated heterocycles. The number of hydrogen-bond donors (Lipinski definition) is 0. The number of thioether (sulfide) groups is 1. The molecule has 0 aliphatic carbocycles. The van der Waals surface area contributed by atoms with Crippen LogP contribution in [0.2, 0.25) is 0 Å². The summed E-state index contributed by atoms with van der Waals surface area (Å²) in [5, 5.41) is 9.05. The molecule has 1 aromatic carbocycles. The molecule has 0 unspecified atom stereocenters. The highest BCUT2D eigenvalue weighted by Gasteiger charge is 2.24. The smallest absolute Gasteiger partial charge is 0.235 e. The number of rotatable bonds is 7. The lowest BCUT2D eigenvalue weighted by molar-refractivity contribution is -0.129. The number of aromatic nitrogens is 3. The number of halogens is 1. The minimum absolute atomic E-state index is 0.0344. The van der Waals surface area contributed by atoms with E-state index in [2.05, 4.69) is 15.1 Å². The van der Waals surface area contributed by atoms with E-state index >= 15 is 0 Å². The zero-order valence-corrected chi connectivity index (χ0v) is 17.3. The van der Waals surface area contributed by atoms with Crippen LogP contribution in [0.15, 0.2) is 29.4 Å². The Morgan fingerprint density at radius 3 is 2.79 bits per heavy atom. The second kappa shape index (κ2) is 9.38. The molecule has 3 rings (SSSR count). The molecule has 0 N–H and O–H groups in total. The minimum Gasteiger partial charge on any atom is -0.378 e. The summed E-state index contributed by atoms with van der Waals surface area (Å²) in [6.07, 6.45) is 0. The van der Waals surface area contributed by atoms with Crippen molar-refractivity contribution < 1.29 is 13.9 Å². The summed E-state index contributed by atoms with van der Waals surface area (Å²) in [5.74, 6) is 0.487. The zero-order valence-electron chi connectivity index (χ0n) is 16.5. The molecule has 2 heterocycles. The first-order valence-electron chi connectivity index (χ1n) is 9.41. The SMILES string of the molecule is CCn1c(S[C@@H](C)C(=O)N(C)Cc2cccc(F)c2)nnc1N1CCOCC1. The Labute approximate surface area is 168 Å². The van der Waals surface area contributed by atoms with Gasteiger partial charge in [0.05, 0.1) is 18.5 Å². The van der Waals surface area contributed by atoms with E-state index in [1.54, 1.807) is 18.0 Å². The van der Waals surface area contributed by atoms with Crippen LogP contribution in [-0.4, -0.2) is 64.2 Å². The first-order valence-corrected chi connectivity index (χ1v) is 10.3. The molecule has 0 spiro atoms. The summed E-state index contributed by atoms with van der Waals surface area (Å²) >= 11 is 1.40. The van der Waals surface area contributed by atoms with E-state index in [4.69, 9.17) is 4.74 Å². The van der Waals surface area contributed by atoms with Gasteiger partial charge in [-0.3, -0.25) is 9.36 Å². The topological polar surface area (TPSA) is 63.5 Å². The third-order valence-electron chi connectivity index (χ3n) is 4.62. The van der Waals surface area contributed by atoms with E-state index in [1.807, 2.05) is 24.5 Å². The molecule has 7 nitrogen and oxygen atoms in total. The molecule has 1 fully saturated rings. The predicted molar refractivity (Wildman–Crippen MR) is 107 cm³/mol. The van der Waals surface area contributed by atoms with Crippen LogP contribution in [0.25, 0.3) is 0 Å². The standard InChI is InChI=1S/C19H26FN5O2S/c1-4-25-18(24-8-10-27-11-9-24)21-22-19(25)28-14(2)17(26)23(3)13-15-6-5-7-16(20)12-15/h5-7,12,14H,4,8-11,13H2,1-3H3/t14-/m0/s1. The quantitative estimate of drug-likeness (QED) is 0.657.